The first-order chi connectivity index (χ1) is 21.0. The van der Waals surface area contributed by atoms with E-state index in [-0.39, 0.29) is 11.8 Å². The molecule has 3 aliphatic carbocycles. The number of benzene rings is 1. The zero-order chi connectivity index (χ0) is 30.0. The molecule has 0 bridgehead atoms. The number of aromatic nitrogens is 3. The van der Waals surface area contributed by atoms with Gasteiger partial charge in [0.1, 0.15) is 11.4 Å². The van der Waals surface area contributed by atoms with E-state index in [1.165, 1.54) is 35.2 Å². The largest absolute Gasteiger partial charge is 0.497 e. The van der Waals surface area contributed by atoms with E-state index in [1.807, 2.05) is 48.8 Å². The number of nitrogens with zero attached hydrogens (tertiary/aromatic N) is 3. The second kappa shape index (κ2) is 15.0. The zero-order valence-electron chi connectivity index (χ0n) is 25.3. The van der Waals surface area contributed by atoms with Crippen LogP contribution in [-0.2, 0) is 19.3 Å². The van der Waals surface area contributed by atoms with Crippen molar-refractivity contribution in [2.24, 2.45) is 5.73 Å². The first-order valence-corrected chi connectivity index (χ1v) is 15.5. The van der Waals surface area contributed by atoms with Crippen molar-refractivity contribution >= 4 is 5.78 Å². The second-order valence-corrected chi connectivity index (χ2v) is 11.5. The molecule has 0 radical (unpaired) electrons. The molecule has 7 rings (SSSR count). The number of aryl methyl sites for hydroxylation is 3. The average Bonchev–Trinajstić information content (AvgIpc) is 3.06. The summed E-state index contributed by atoms with van der Waals surface area (Å²) in [6.07, 6.45) is 15.1. The van der Waals surface area contributed by atoms with E-state index in [0.717, 1.165) is 55.5 Å². The Morgan fingerprint density at radius 3 is 2.05 bits per heavy atom. The molecule has 0 aliphatic heterocycles. The molecule has 3 aromatic heterocycles. The van der Waals surface area contributed by atoms with E-state index in [1.54, 1.807) is 13.3 Å². The topological polar surface area (TPSA) is 103 Å². The van der Waals surface area contributed by atoms with Crippen molar-refractivity contribution in [3.05, 3.63) is 119 Å². The first kappa shape index (κ1) is 30.5. The van der Waals surface area contributed by atoms with Gasteiger partial charge in [0, 0.05) is 37.1 Å². The average molecular weight is 578 g/mol. The van der Waals surface area contributed by atoms with Crippen molar-refractivity contribution in [1.82, 2.24) is 20.3 Å². The molecule has 0 spiro atoms. The normalized spacial score (nSPS) is 19.2. The van der Waals surface area contributed by atoms with Crippen molar-refractivity contribution < 1.29 is 9.53 Å². The molecule has 3 atom stereocenters. The quantitative estimate of drug-likeness (QED) is 0.274. The molecule has 3 aliphatic rings. The van der Waals surface area contributed by atoms with E-state index in [9.17, 15) is 4.79 Å². The maximum Gasteiger partial charge on any atom is 0.181 e. The summed E-state index contributed by atoms with van der Waals surface area (Å²) in [5.41, 5.74) is 14.0. The van der Waals surface area contributed by atoms with Crippen LogP contribution in [0, 0.1) is 0 Å². The van der Waals surface area contributed by atoms with Crippen LogP contribution in [0.1, 0.15) is 108 Å². The van der Waals surface area contributed by atoms with Crippen LogP contribution in [-0.4, -0.2) is 27.8 Å². The lowest BCUT2D eigenvalue weighted by molar-refractivity contribution is 0.0967. The van der Waals surface area contributed by atoms with Gasteiger partial charge < -0.3 is 15.8 Å². The molecule has 0 saturated heterocycles. The van der Waals surface area contributed by atoms with Crippen LogP contribution in [0.2, 0.25) is 0 Å². The minimum absolute atomic E-state index is 0.181. The van der Waals surface area contributed by atoms with Crippen LogP contribution in [0.4, 0.5) is 0 Å². The molecule has 3 N–H and O–H groups in total. The molecule has 3 heterocycles. The molecule has 0 fully saturated rings. The lowest BCUT2D eigenvalue weighted by atomic mass is 9.91. The molecular formula is C36H43N5O2. The molecule has 224 valence electrons. The van der Waals surface area contributed by atoms with Crippen LogP contribution in [0.15, 0.2) is 79.3 Å². The fourth-order valence-electron chi connectivity index (χ4n) is 6.16. The van der Waals surface area contributed by atoms with Gasteiger partial charge in [-0.15, -0.1) is 0 Å². The number of carbonyl (C=O) groups excluding carboxylic acids is 1. The number of hydrogen-bond acceptors (Lipinski definition) is 7. The Kier molecular flexibility index (Phi) is 10.6. The Labute approximate surface area is 255 Å². The maximum atomic E-state index is 11.2. The van der Waals surface area contributed by atoms with Crippen LogP contribution in [0.25, 0.3) is 0 Å². The van der Waals surface area contributed by atoms with E-state index in [0.29, 0.717) is 24.2 Å². The van der Waals surface area contributed by atoms with Crippen molar-refractivity contribution in [1.29, 1.82) is 0 Å². The predicted octanol–water partition coefficient (Wildman–Crippen LogP) is 6.84. The summed E-state index contributed by atoms with van der Waals surface area (Å²) in [5, 5.41) is 3.73. The van der Waals surface area contributed by atoms with Crippen molar-refractivity contribution in [3.63, 3.8) is 0 Å². The third-order valence-electron chi connectivity index (χ3n) is 8.51. The molecule has 0 saturated carbocycles. The Morgan fingerprint density at radius 1 is 0.767 bits per heavy atom. The summed E-state index contributed by atoms with van der Waals surface area (Å²) in [6.45, 7) is 2.21. The number of fused-ring (bicyclic) bond motifs is 3. The summed E-state index contributed by atoms with van der Waals surface area (Å²) in [4.78, 5) is 24.1. The maximum absolute atomic E-state index is 11.2. The van der Waals surface area contributed by atoms with Gasteiger partial charge in [0.15, 0.2) is 5.78 Å². The Balaban J connectivity index is 0.000000141. The summed E-state index contributed by atoms with van der Waals surface area (Å²) in [6, 6.07) is 21.3. The lowest BCUT2D eigenvalue weighted by Crippen LogP contribution is -2.28. The molecule has 0 amide bonds. The predicted molar refractivity (Wildman–Crippen MR) is 170 cm³/mol. The molecule has 4 aromatic rings. The molecule has 1 aromatic carbocycles. The Bertz CT molecular complexity index is 1490. The zero-order valence-corrected chi connectivity index (χ0v) is 25.3. The monoisotopic (exact) mass is 577 g/mol. The summed E-state index contributed by atoms with van der Waals surface area (Å²) < 4.78 is 5.21. The molecular weight excluding hydrogens is 534 g/mol. The van der Waals surface area contributed by atoms with Gasteiger partial charge in [-0.2, -0.15) is 0 Å². The smallest absolute Gasteiger partial charge is 0.181 e. The van der Waals surface area contributed by atoms with Crippen molar-refractivity contribution in [2.45, 2.75) is 82.8 Å². The number of carbonyl (C=O) groups is 1. The second-order valence-electron chi connectivity index (χ2n) is 11.5. The van der Waals surface area contributed by atoms with Crippen molar-refractivity contribution in [3.8, 4) is 5.75 Å². The van der Waals surface area contributed by atoms with Gasteiger partial charge in [-0.1, -0.05) is 30.3 Å². The van der Waals surface area contributed by atoms with Gasteiger partial charge in [0.05, 0.1) is 24.5 Å². The highest BCUT2D eigenvalue weighted by atomic mass is 16.5. The van der Waals surface area contributed by atoms with Crippen LogP contribution in [0.5, 0.6) is 5.75 Å². The van der Waals surface area contributed by atoms with Crippen LogP contribution < -0.4 is 15.8 Å². The number of Topliss-reactive ketones (excluding diaryl/α,β-unsaturated/α-hetero) is 1. The molecule has 7 nitrogen and oxygen atoms in total. The lowest BCUT2D eigenvalue weighted by Gasteiger charge is -2.28. The van der Waals surface area contributed by atoms with Crippen LogP contribution >= 0.6 is 0 Å². The highest BCUT2D eigenvalue weighted by molar-refractivity contribution is 5.96. The van der Waals surface area contributed by atoms with Gasteiger partial charge in [0.2, 0.25) is 0 Å². The highest BCUT2D eigenvalue weighted by Crippen LogP contribution is 2.30. The van der Waals surface area contributed by atoms with E-state index < -0.39 is 0 Å². The number of nitrogens with two attached hydrogens (primary N) is 1. The van der Waals surface area contributed by atoms with E-state index in [4.69, 9.17) is 10.5 Å². The number of ketones is 1. The van der Waals surface area contributed by atoms with E-state index >= 15 is 0 Å². The number of ether oxygens (including phenoxy) is 1. The van der Waals surface area contributed by atoms with Crippen molar-refractivity contribution in [2.75, 3.05) is 7.11 Å². The number of hydrogen-bond donors (Lipinski definition) is 2. The van der Waals surface area contributed by atoms with Gasteiger partial charge in [-0.25, -0.2) is 0 Å². The number of nitrogens with one attached hydrogen (secondary N) is 1. The summed E-state index contributed by atoms with van der Waals surface area (Å²) >= 11 is 0. The molecule has 43 heavy (non-hydrogen) atoms. The minimum Gasteiger partial charge on any atom is -0.497 e. The SMILES string of the molecule is COc1ccc([C@H](C)N[C@H]2CCCc3cccnc32)cc1.N[C@H]1CCCc2cccnc21.O=C1CCCc2cccnc21. The van der Waals surface area contributed by atoms with E-state index in [2.05, 4.69) is 51.5 Å². The van der Waals surface area contributed by atoms with Gasteiger partial charge in [-0.05, 0) is 111 Å². The highest BCUT2D eigenvalue weighted by Gasteiger charge is 2.23. The third kappa shape index (κ3) is 7.92. The summed E-state index contributed by atoms with van der Waals surface area (Å²) in [7, 11) is 1.70. The summed E-state index contributed by atoms with van der Waals surface area (Å²) in [5.74, 6) is 1.10. The van der Waals surface area contributed by atoms with Gasteiger partial charge in [-0.3, -0.25) is 19.7 Å². The van der Waals surface area contributed by atoms with Gasteiger partial charge in [0.25, 0.3) is 0 Å². The number of pyridine rings is 3. The Hall–Kier alpha value is -3.94. The minimum atomic E-state index is 0.181. The third-order valence-corrected chi connectivity index (χ3v) is 8.51. The Morgan fingerprint density at radius 2 is 1.37 bits per heavy atom. The van der Waals surface area contributed by atoms with Crippen LogP contribution in [0.3, 0.4) is 0 Å². The number of rotatable bonds is 4. The number of methoxy groups -OCH3 is 1. The first-order valence-electron chi connectivity index (χ1n) is 15.5. The van der Waals surface area contributed by atoms with Gasteiger partial charge >= 0.3 is 0 Å². The fourth-order valence-corrected chi connectivity index (χ4v) is 6.16. The fraction of sp³-hybridized carbons (Fsp3) is 0.389. The molecule has 7 heteroatoms. The molecule has 0 unspecified atom stereocenters. The standard InChI is InChI=1S/C18H22N2O.C9H12N2.C9H9NO/c1-13(14-8-10-16(21-2)11-9-14)20-17-7-3-5-15-6-4-12-19-18(15)17;10-8-5-1-3-7-4-2-6-11-9(7)8;11-8-5-1-3-7-4-2-6-10-9(7)8/h4,6,8-13,17,20H,3,5,7H2,1-2H3;2,4,6,8H,1,3,5,10H2;2,4,6H,1,3,5H2/t13-,17-;8-;/m00./s1.